The minimum absolute atomic E-state index is 0.150. The molecule has 104 valence electrons. The number of benzene rings is 1. The van der Waals surface area contributed by atoms with Crippen LogP contribution in [0.3, 0.4) is 0 Å². The molecule has 0 aliphatic heterocycles. The van der Waals surface area contributed by atoms with Crippen molar-refractivity contribution >= 4 is 5.78 Å². The number of phenols is 1. The number of rotatable bonds is 8. The largest absolute Gasteiger partial charge is 0.504 e. The Labute approximate surface area is 114 Å². The van der Waals surface area contributed by atoms with E-state index in [4.69, 9.17) is 4.74 Å². The van der Waals surface area contributed by atoms with Gasteiger partial charge < -0.3 is 9.84 Å². The number of phenolic OH excluding ortho intramolecular Hbond substituents is 1. The van der Waals surface area contributed by atoms with Crippen LogP contribution in [0.5, 0.6) is 11.5 Å². The Morgan fingerprint density at radius 3 is 2.89 bits per heavy atom. The van der Waals surface area contributed by atoms with Gasteiger partial charge in [0, 0.05) is 6.42 Å². The average molecular weight is 262 g/mol. The summed E-state index contributed by atoms with van der Waals surface area (Å²) < 4.78 is 5.05. The van der Waals surface area contributed by atoms with Gasteiger partial charge in [-0.3, -0.25) is 4.79 Å². The Kier molecular flexibility index (Phi) is 6.72. The predicted molar refractivity (Wildman–Crippen MR) is 76.7 cm³/mol. The Hall–Kier alpha value is -1.77. The van der Waals surface area contributed by atoms with Crippen LogP contribution in [0.1, 0.15) is 38.2 Å². The summed E-state index contributed by atoms with van der Waals surface area (Å²) in [5.41, 5.74) is 1.08. The third kappa shape index (κ3) is 5.60. The molecule has 1 aromatic carbocycles. The summed E-state index contributed by atoms with van der Waals surface area (Å²) in [6.07, 6.45) is 7.87. The number of methoxy groups -OCH3 is 1. The van der Waals surface area contributed by atoms with Gasteiger partial charge >= 0.3 is 0 Å². The van der Waals surface area contributed by atoms with E-state index in [1.807, 2.05) is 18.2 Å². The van der Waals surface area contributed by atoms with Crippen LogP contribution in [0, 0.1) is 0 Å². The standard InChI is InChI=1S/C16H22O3/c1-3-4-8-14(17)9-6-5-7-13-10-11-15(18)16(12-13)19-2/h6,9-12,18H,3-5,7-8H2,1-2H3. The van der Waals surface area contributed by atoms with Gasteiger partial charge in [0.2, 0.25) is 0 Å². The molecule has 0 heterocycles. The van der Waals surface area contributed by atoms with Crippen LogP contribution in [-0.2, 0) is 11.2 Å². The minimum Gasteiger partial charge on any atom is -0.504 e. The number of aryl methyl sites for hydroxylation is 1. The van der Waals surface area contributed by atoms with Crippen LogP contribution in [0.2, 0.25) is 0 Å². The van der Waals surface area contributed by atoms with Crippen LogP contribution >= 0.6 is 0 Å². The van der Waals surface area contributed by atoms with Crippen molar-refractivity contribution in [2.24, 2.45) is 0 Å². The highest BCUT2D eigenvalue weighted by Crippen LogP contribution is 2.26. The molecule has 0 unspecified atom stereocenters. The molecule has 0 radical (unpaired) electrons. The second-order valence-electron chi connectivity index (χ2n) is 4.52. The van der Waals surface area contributed by atoms with E-state index in [1.165, 1.54) is 7.11 Å². The lowest BCUT2D eigenvalue weighted by atomic mass is 10.1. The molecule has 0 aliphatic carbocycles. The van der Waals surface area contributed by atoms with Crippen molar-refractivity contribution in [2.75, 3.05) is 7.11 Å². The van der Waals surface area contributed by atoms with Gasteiger partial charge in [0.25, 0.3) is 0 Å². The highest BCUT2D eigenvalue weighted by atomic mass is 16.5. The van der Waals surface area contributed by atoms with E-state index in [2.05, 4.69) is 6.92 Å². The van der Waals surface area contributed by atoms with Gasteiger partial charge in [-0.25, -0.2) is 0 Å². The van der Waals surface area contributed by atoms with Gasteiger partial charge in [-0.2, -0.15) is 0 Å². The molecular formula is C16H22O3. The lowest BCUT2D eigenvalue weighted by molar-refractivity contribution is -0.114. The summed E-state index contributed by atoms with van der Waals surface area (Å²) in [5.74, 6) is 0.835. The first-order chi connectivity index (χ1) is 9.17. The third-order valence-electron chi connectivity index (χ3n) is 2.92. The van der Waals surface area contributed by atoms with E-state index in [0.29, 0.717) is 12.2 Å². The highest BCUT2D eigenvalue weighted by molar-refractivity contribution is 5.89. The summed E-state index contributed by atoms with van der Waals surface area (Å²) in [6.45, 7) is 2.08. The van der Waals surface area contributed by atoms with Crippen molar-refractivity contribution in [1.29, 1.82) is 0 Å². The number of hydrogen-bond acceptors (Lipinski definition) is 3. The van der Waals surface area contributed by atoms with E-state index in [1.54, 1.807) is 12.1 Å². The van der Waals surface area contributed by atoms with Gasteiger partial charge in [0.1, 0.15) is 0 Å². The number of unbranched alkanes of at least 4 members (excludes halogenated alkanes) is 1. The molecule has 0 spiro atoms. The summed E-state index contributed by atoms with van der Waals surface area (Å²) >= 11 is 0. The molecule has 3 heteroatoms. The maximum atomic E-state index is 11.4. The Bertz CT molecular complexity index is 436. The van der Waals surface area contributed by atoms with Crippen LogP contribution in [-0.4, -0.2) is 18.0 Å². The molecule has 0 aromatic heterocycles. The lowest BCUT2D eigenvalue weighted by Gasteiger charge is -2.05. The van der Waals surface area contributed by atoms with E-state index in [-0.39, 0.29) is 11.5 Å². The third-order valence-corrected chi connectivity index (χ3v) is 2.92. The molecule has 19 heavy (non-hydrogen) atoms. The van der Waals surface area contributed by atoms with Crippen molar-refractivity contribution < 1.29 is 14.6 Å². The number of hydrogen-bond donors (Lipinski definition) is 1. The lowest BCUT2D eigenvalue weighted by Crippen LogP contribution is -1.92. The molecule has 3 nitrogen and oxygen atoms in total. The highest BCUT2D eigenvalue weighted by Gasteiger charge is 2.02. The fourth-order valence-electron chi connectivity index (χ4n) is 1.78. The average Bonchev–Trinajstić information content (AvgIpc) is 2.42. The number of carbonyl (C=O) groups excluding carboxylic acids is 1. The molecule has 1 N–H and O–H groups in total. The van der Waals surface area contributed by atoms with Crippen LogP contribution in [0.25, 0.3) is 0 Å². The SMILES string of the molecule is CCCCC(=O)C=CCCc1ccc(O)c(OC)c1. The second-order valence-corrected chi connectivity index (χ2v) is 4.52. The van der Waals surface area contributed by atoms with Crippen LogP contribution < -0.4 is 4.74 Å². The van der Waals surface area contributed by atoms with E-state index >= 15 is 0 Å². The maximum absolute atomic E-state index is 11.4. The zero-order valence-electron chi connectivity index (χ0n) is 11.7. The Balaban J connectivity index is 2.40. The molecule has 0 saturated heterocycles. The molecule has 0 saturated carbocycles. The molecule has 0 aliphatic rings. The van der Waals surface area contributed by atoms with Gasteiger partial charge in [-0.15, -0.1) is 0 Å². The van der Waals surface area contributed by atoms with Gasteiger partial charge in [0.15, 0.2) is 17.3 Å². The zero-order valence-corrected chi connectivity index (χ0v) is 11.7. The summed E-state index contributed by atoms with van der Waals surface area (Å²) in [4.78, 5) is 11.4. The van der Waals surface area contributed by atoms with Gasteiger partial charge in [-0.1, -0.05) is 25.5 Å². The second kappa shape index (κ2) is 8.35. The van der Waals surface area contributed by atoms with Gasteiger partial charge in [-0.05, 0) is 43.0 Å². The maximum Gasteiger partial charge on any atom is 0.160 e. The molecule has 0 bridgehead atoms. The fourth-order valence-corrected chi connectivity index (χ4v) is 1.78. The Morgan fingerprint density at radius 1 is 1.42 bits per heavy atom. The zero-order chi connectivity index (χ0) is 14.1. The summed E-state index contributed by atoms with van der Waals surface area (Å²) in [7, 11) is 1.53. The Morgan fingerprint density at radius 2 is 2.21 bits per heavy atom. The molecule has 0 fully saturated rings. The van der Waals surface area contributed by atoms with Crippen molar-refractivity contribution in [3.05, 3.63) is 35.9 Å². The normalized spacial score (nSPS) is 10.8. The number of carbonyl (C=O) groups is 1. The number of aromatic hydroxyl groups is 1. The van der Waals surface area contributed by atoms with Crippen molar-refractivity contribution in [3.8, 4) is 11.5 Å². The number of allylic oxidation sites excluding steroid dienone is 2. The molecular weight excluding hydrogens is 240 g/mol. The molecule has 1 aromatic rings. The predicted octanol–water partition coefficient (Wildman–Crippen LogP) is 3.65. The quantitative estimate of drug-likeness (QED) is 0.727. The monoisotopic (exact) mass is 262 g/mol. The number of ether oxygens (including phenoxy) is 1. The van der Waals surface area contributed by atoms with E-state index < -0.39 is 0 Å². The van der Waals surface area contributed by atoms with Crippen molar-refractivity contribution in [3.63, 3.8) is 0 Å². The van der Waals surface area contributed by atoms with E-state index in [9.17, 15) is 9.90 Å². The van der Waals surface area contributed by atoms with Gasteiger partial charge in [0.05, 0.1) is 7.11 Å². The summed E-state index contributed by atoms with van der Waals surface area (Å²) in [6, 6.07) is 5.32. The fraction of sp³-hybridized carbons (Fsp3) is 0.438. The van der Waals surface area contributed by atoms with Crippen molar-refractivity contribution in [2.45, 2.75) is 39.0 Å². The first-order valence-corrected chi connectivity index (χ1v) is 6.72. The van der Waals surface area contributed by atoms with Crippen LogP contribution in [0.4, 0.5) is 0 Å². The minimum atomic E-state index is 0.150. The van der Waals surface area contributed by atoms with Crippen molar-refractivity contribution in [1.82, 2.24) is 0 Å². The molecule has 1 rings (SSSR count). The first-order valence-electron chi connectivity index (χ1n) is 6.72. The smallest absolute Gasteiger partial charge is 0.160 e. The summed E-state index contributed by atoms with van der Waals surface area (Å²) in [5, 5.41) is 9.48. The number of ketones is 1. The van der Waals surface area contributed by atoms with E-state index in [0.717, 1.165) is 31.2 Å². The topological polar surface area (TPSA) is 46.5 Å². The first kappa shape index (κ1) is 15.3. The molecule has 0 atom stereocenters. The van der Waals surface area contributed by atoms with Crippen LogP contribution in [0.15, 0.2) is 30.4 Å². The molecule has 0 amide bonds.